The van der Waals surface area contributed by atoms with E-state index in [-0.39, 0.29) is 17.1 Å². The van der Waals surface area contributed by atoms with Gasteiger partial charge >= 0.3 is 5.97 Å². The predicted molar refractivity (Wildman–Crippen MR) is 142 cm³/mol. The lowest BCUT2D eigenvalue weighted by molar-refractivity contribution is -0.132. The zero-order chi connectivity index (χ0) is 27.4. The van der Waals surface area contributed by atoms with Gasteiger partial charge in [-0.2, -0.15) is 0 Å². The number of hydrogen-bond acceptors (Lipinski definition) is 7. The Hall–Kier alpha value is -4.59. The molecule has 38 heavy (non-hydrogen) atoms. The highest BCUT2D eigenvalue weighted by Gasteiger charge is 2.47. The Morgan fingerprint density at radius 1 is 1.00 bits per heavy atom. The van der Waals surface area contributed by atoms with Crippen LogP contribution in [0.1, 0.15) is 43.0 Å². The van der Waals surface area contributed by atoms with Gasteiger partial charge in [0.1, 0.15) is 23.0 Å². The normalized spacial score (nSPS) is 16.4. The van der Waals surface area contributed by atoms with Crippen molar-refractivity contribution in [2.75, 3.05) is 18.6 Å². The van der Waals surface area contributed by atoms with Gasteiger partial charge < -0.3 is 19.3 Å². The summed E-state index contributed by atoms with van der Waals surface area (Å²) >= 11 is 0. The number of methoxy groups -OCH3 is 1. The number of carbonyl (C=O) groups excluding carboxylic acids is 3. The molecule has 0 radical (unpaired) electrons. The monoisotopic (exact) mass is 515 g/mol. The Labute approximate surface area is 221 Å². The quantitative estimate of drug-likeness (QED) is 0.142. The van der Waals surface area contributed by atoms with Crippen molar-refractivity contribution in [1.29, 1.82) is 0 Å². The average molecular weight is 516 g/mol. The Morgan fingerprint density at radius 2 is 1.74 bits per heavy atom. The van der Waals surface area contributed by atoms with Gasteiger partial charge in [0.15, 0.2) is 0 Å². The number of Topliss-reactive ketones (excluding diaryl/α,β-unsaturated/α-hetero) is 1. The third-order valence-corrected chi connectivity index (χ3v) is 6.14. The summed E-state index contributed by atoms with van der Waals surface area (Å²) in [4.78, 5) is 39.7. The number of ether oxygens (including phenoxy) is 3. The van der Waals surface area contributed by atoms with Crippen LogP contribution in [0.5, 0.6) is 17.2 Å². The number of benzene rings is 3. The molecule has 1 heterocycles. The molecule has 8 nitrogen and oxygen atoms in total. The number of aliphatic hydroxyl groups is 1. The third-order valence-electron chi connectivity index (χ3n) is 6.14. The van der Waals surface area contributed by atoms with Crippen molar-refractivity contribution in [2.24, 2.45) is 0 Å². The fraction of sp³-hybridized carbons (Fsp3) is 0.233. The Balaban J connectivity index is 1.88. The Morgan fingerprint density at radius 3 is 2.37 bits per heavy atom. The number of aryl methyl sites for hydroxylation is 1. The number of rotatable bonds is 8. The van der Waals surface area contributed by atoms with Crippen LogP contribution < -0.4 is 19.1 Å². The average Bonchev–Trinajstić information content (AvgIpc) is 3.17. The van der Waals surface area contributed by atoms with E-state index in [2.05, 4.69) is 0 Å². The highest BCUT2D eigenvalue weighted by Crippen LogP contribution is 2.43. The molecule has 0 saturated carbocycles. The van der Waals surface area contributed by atoms with Gasteiger partial charge in [0.25, 0.3) is 11.7 Å². The molecule has 1 N–H and O–H groups in total. The van der Waals surface area contributed by atoms with Crippen LogP contribution in [0.3, 0.4) is 0 Å². The van der Waals surface area contributed by atoms with Crippen LogP contribution in [-0.4, -0.2) is 36.5 Å². The molecule has 0 aliphatic carbocycles. The fourth-order valence-electron chi connectivity index (χ4n) is 4.40. The summed E-state index contributed by atoms with van der Waals surface area (Å²) in [7, 11) is 1.53. The van der Waals surface area contributed by atoms with E-state index in [1.165, 1.54) is 18.9 Å². The minimum absolute atomic E-state index is 0.0765. The molecule has 0 bridgehead atoms. The Bertz CT molecular complexity index is 1410. The van der Waals surface area contributed by atoms with E-state index in [1.54, 1.807) is 66.7 Å². The molecular weight excluding hydrogens is 486 g/mol. The largest absolute Gasteiger partial charge is 0.507 e. The SMILES string of the molecule is CCCOc1ccc(/C(O)=C2\C(=O)C(=O)N(c3ccc(OC)cc3)C2c2cccc(OC(C)=O)c2)cc1C. The van der Waals surface area contributed by atoms with Gasteiger partial charge in [0.2, 0.25) is 0 Å². The first-order chi connectivity index (χ1) is 18.2. The molecule has 1 amide bonds. The number of aliphatic hydroxyl groups excluding tert-OH is 1. The van der Waals surface area contributed by atoms with Crippen molar-refractivity contribution in [3.05, 3.63) is 89.0 Å². The number of ketones is 1. The lowest BCUT2D eigenvalue weighted by atomic mass is 9.94. The zero-order valence-corrected chi connectivity index (χ0v) is 21.7. The smallest absolute Gasteiger partial charge is 0.308 e. The highest BCUT2D eigenvalue weighted by atomic mass is 16.5. The number of anilines is 1. The summed E-state index contributed by atoms with van der Waals surface area (Å²) in [5.74, 6) is -0.931. The molecule has 1 atom stereocenters. The number of amides is 1. The molecule has 3 aromatic rings. The fourth-order valence-corrected chi connectivity index (χ4v) is 4.40. The highest BCUT2D eigenvalue weighted by molar-refractivity contribution is 6.51. The van der Waals surface area contributed by atoms with Crippen LogP contribution in [-0.2, 0) is 14.4 Å². The molecule has 0 spiro atoms. The van der Waals surface area contributed by atoms with Gasteiger partial charge in [-0.15, -0.1) is 0 Å². The van der Waals surface area contributed by atoms with Crippen molar-refractivity contribution in [3.8, 4) is 17.2 Å². The first-order valence-corrected chi connectivity index (χ1v) is 12.2. The van der Waals surface area contributed by atoms with Crippen LogP contribution in [0.15, 0.2) is 72.3 Å². The van der Waals surface area contributed by atoms with Gasteiger partial charge in [-0.25, -0.2) is 0 Å². The summed E-state index contributed by atoms with van der Waals surface area (Å²) in [6, 6.07) is 17.4. The first kappa shape index (κ1) is 26.5. The van der Waals surface area contributed by atoms with Gasteiger partial charge in [-0.3, -0.25) is 19.3 Å². The van der Waals surface area contributed by atoms with E-state index in [1.807, 2.05) is 13.8 Å². The maximum Gasteiger partial charge on any atom is 0.308 e. The lowest BCUT2D eigenvalue weighted by Gasteiger charge is -2.26. The van der Waals surface area contributed by atoms with Crippen molar-refractivity contribution in [2.45, 2.75) is 33.2 Å². The lowest BCUT2D eigenvalue weighted by Crippen LogP contribution is -2.29. The van der Waals surface area contributed by atoms with Crippen LogP contribution in [0, 0.1) is 6.92 Å². The van der Waals surface area contributed by atoms with E-state index in [4.69, 9.17) is 14.2 Å². The zero-order valence-electron chi connectivity index (χ0n) is 21.7. The molecule has 8 heteroatoms. The Kier molecular flexibility index (Phi) is 7.81. The molecule has 1 aliphatic heterocycles. The number of carbonyl (C=O) groups is 3. The topological polar surface area (TPSA) is 102 Å². The van der Waals surface area contributed by atoms with E-state index < -0.39 is 23.7 Å². The molecule has 4 rings (SSSR count). The van der Waals surface area contributed by atoms with Crippen LogP contribution in [0.4, 0.5) is 5.69 Å². The van der Waals surface area contributed by atoms with Crippen molar-refractivity contribution >= 4 is 29.1 Å². The summed E-state index contributed by atoms with van der Waals surface area (Å²) in [6.45, 7) is 5.69. The number of nitrogens with zero attached hydrogens (tertiary/aromatic N) is 1. The summed E-state index contributed by atoms with van der Waals surface area (Å²) < 4.78 is 16.2. The van der Waals surface area contributed by atoms with Gasteiger partial charge in [-0.1, -0.05) is 19.1 Å². The first-order valence-electron chi connectivity index (χ1n) is 12.2. The maximum atomic E-state index is 13.4. The second-order valence-corrected chi connectivity index (χ2v) is 8.86. The molecular formula is C30H29NO7. The van der Waals surface area contributed by atoms with Gasteiger partial charge in [0.05, 0.1) is 25.3 Å². The van der Waals surface area contributed by atoms with Crippen LogP contribution in [0.25, 0.3) is 5.76 Å². The summed E-state index contributed by atoms with van der Waals surface area (Å²) in [5, 5.41) is 11.4. The van der Waals surface area contributed by atoms with Crippen molar-refractivity contribution < 1.29 is 33.7 Å². The molecule has 1 aliphatic rings. The number of hydrogen-bond donors (Lipinski definition) is 1. The second-order valence-electron chi connectivity index (χ2n) is 8.86. The molecule has 1 saturated heterocycles. The van der Waals surface area contributed by atoms with Crippen LogP contribution in [0.2, 0.25) is 0 Å². The minimum Gasteiger partial charge on any atom is -0.507 e. The van der Waals surface area contributed by atoms with Crippen molar-refractivity contribution in [1.82, 2.24) is 0 Å². The standard InChI is InChI=1S/C30H29NO7/c1-5-15-37-25-14-9-21(16-18(25)2)28(33)26-27(20-7-6-8-24(17-20)38-19(3)32)31(30(35)29(26)34)22-10-12-23(36-4)13-11-22/h6-14,16-17,27,33H,5,15H2,1-4H3/b28-26+. The second kappa shape index (κ2) is 11.2. The van der Waals surface area contributed by atoms with Crippen molar-refractivity contribution in [3.63, 3.8) is 0 Å². The van der Waals surface area contributed by atoms with Gasteiger partial charge in [0, 0.05) is 18.2 Å². The molecule has 1 fully saturated rings. The number of esters is 1. The molecule has 3 aromatic carbocycles. The van der Waals surface area contributed by atoms with E-state index in [0.717, 1.165) is 12.0 Å². The summed E-state index contributed by atoms with van der Waals surface area (Å²) in [5.41, 5.74) is 2.00. The summed E-state index contributed by atoms with van der Waals surface area (Å²) in [6.07, 6.45) is 0.850. The van der Waals surface area contributed by atoms with E-state index >= 15 is 0 Å². The molecule has 0 aromatic heterocycles. The van der Waals surface area contributed by atoms with E-state index in [9.17, 15) is 19.5 Å². The minimum atomic E-state index is -0.977. The maximum absolute atomic E-state index is 13.4. The van der Waals surface area contributed by atoms with Gasteiger partial charge in [-0.05, 0) is 79.1 Å². The van der Waals surface area contributed by atoms with Crippen LogP contribution >= 0.6 is 0 Å². The third kappa shape index (κ3) is 5.25. The molecule has 196 valence electrons. The predicted octanol–water partition coefficient (Wildman–Crippen LogP) is 5.34. The molecule has 1 unspecified atom stereocenters. The van der Waals surface area contributed by atoms with E-state index in [0.29, 0.717) is 34.9 Å².